The van der Waals surface area contributed by atoms with Gasteiger partial charge in [-0.05, 0) is 12.5 Å². The van der Waals surface area contributed by atoms with Crippen LogP contribution in [0.25, 0.3) is 0 Å². The molecule has 2 rings (SSSR count). The van der Waals surface area contributed by atoms with E-state index in [2.05, 4.69) is 5.32 Å². The van der Waals surface area contributed by atoms with Crippen LogP contribution in [0.4, 0.5) is 0 Å². The average Bonchev–Trinajstić information content (AvgIpc) is 2.42. The Morgan fingerprint density at radius 1 is 1.37 bits per heavy atom. The van der Waals surface area contributed by atoms with E-state index in [-0.39, 0.29) is 18.4 Å². The molecule has 1 aromatic rings. The van der Waals surface area contributed by atoms with Crippen molar-refractivity contribution in [1.29, 1.82) is 0 Å². The van der Waals surface area contributed by atoms with Crippen molar-refractivity contribution in [3.8, 4) is 0 Å². The molecule has 4 nitrogen and oxygen atoms in total. The lowest BCUT2D eigenvalue weighted by Crippen LogP contribution is -2.63. The molecular weight excluding hydrogens is 264 g/mol. The number of benzene rings is 1. The highest BCUT2D eigenvalue weighted by Gasteiger charge is 2.43. The summed E-state index contributed by atoms with van der Waals surface area (Å²) >= 11 is 5.47. The van der Waals surface area contributed by atoms with Crippen LogP contribution in [0.2, 0.25) is 0 Å². The van der Waals surface area contributed by atoms with Crippen LogP contribution >= 0.6 is 11.6 Å². The van der Waals surface area contributed by atoms with E-state index < -0.39 is 5.54 Å². The quantitative estimate of drug-likeness (QED) is 0.913. The first-order valence-corrected chi connectivity index (χ1v) is 6.42. The zero-order valence-electron chi connectivity index (χ0n) is 10.6. The van der Waals surface area contributed by atoms with Crippen LogP contribution in [0.5, 0.6) is 0 Å². The maximum absolute atomic E-state index is 12.5. The lowest BCUT2D eigenvalue weighted by Gasteiger charge is -2.39. The molecule has 19 heavy (non-hydrogen) atoms. The van der Waals surface area contributed by atoms with E-state index in [0.717, 1.165) is 5.56 Å². The minimum atomic E-state index is -1.02. The number of carbonyl (C=O) groups excluding carboxylic acids is 2. The van der Waals surface area contributed by atoms with Crippen molar-refractivity contribution in [3.05, 3.63) is 47.5 Å². The highest BCUT2D eigenvalue weighted by atomic mass is 35.5. The van der Waals surface area contributed by atoms with Gasteiger partial charge in [0.05, 0.1) is 6.54 Å². The number of rotatable bonds is 3. The summed E-state index contributed by atoms with van der Waals surface area (Å²) in [6.45, 7) is 2.11. The van der Waals surface area contributed by atoms with Gasteiger partial charge in [-0.25, -0.2) is 0 Å². The van der Waals surface area contributed by atoms with Gasteiger partial charge in [-0.1, -0.05) is 48.0 Å². The Morgan fingerprint density at radius 2 is 2.05 bits per heavy atom. The number of nitrogens with one attached hydrogen (secondary N) is 1. The maximum atomic E-state index is 12.5. The second-order valence-electron chi connectivity index (χ2n) is 4.59. The first-order chi connectivity index (χ1) is 9.08. The van der Waals surface area contributed by atoms with Crippen LogP contribution in [0.3, 0.4) is 0 Å². The van der Waals surface area contributed by atoms with E-state index in [4.69, 9.17) is 11.6 Å². The van der Waals surface area contributed by atoms with Crippen LogP contribution in [-0.4, -0.2) is 29.8 Å². The third-order valence-corrected chi connectivity index (χ3v) is 3.38. The first-order valence-electron chi connectivity index (χ1n) is 5.99. The maximum Gasteiger partial charge on any atom is 0.253 e. The highest BCUT2D eigenvalue weighted by Crippen LogP contribution is 2.26. The number of hydrogen-bond donors (Lipinski definition) is 1. The first kappa shape index (κ1) is 13.6. The molecular formula is C14H15ClN2O2. The molecule has 100 valence electrons. The molecule has 1 N–H and O–H groups in total. The van der Waals surface area contributed by atoms with E-state index in [1.807, 2.05) is 30.3 Å². The van der Waals surface area contributed by atoms with E-state index in [0.29, 0.717) is 6.54 Å². The van der Waals surface area contributed by atoms with Crippen molar-refractivity contribution in [2.24, 2.45) is 0 Å². The van der Waals surface area contributed by atoms with Gasteiger partial charge in [-0.15, -0.1) is 0 Å². The minimum absolute atomic E-state index is 0.0580. The largest absolute Gasteiger partial charge is 0.337 e. The SMILES string of the molecule is CC1(c2ccccc2)NC(=O)CN(C/C=C/Cl)C1=O. The number of nitrogens with zero attached hydrogens (tertiary/aromatic N) is 1. The van der Waals surface area contributed by atoms with Crippen molar-refractivity contribution in [1.82, 2.24) is 10.2 Å². The Balaban J connectivity index is 2.33. The number of amides is 2. The molecule has 1 atom stereocenters. The van der Waals surface area contributed by atoms with Crippen molar-refractivity contribution in [2.75, 3.05) is 13.1 Å². The summed E-state index contributed by atoms with van der Waals surface area (Å²) in [5, 5.41) is 2.78. The highest BCUT2D eigenvalue weighted by molar-refractivity contribution is 6.25. The van der Waals surface area contributed by atoms with Gasteiger partial charge in [0, 0.05) is 12.1 Å². The molecule has 0 aliphatic carbocycles. The van der Waals surface area contributed by atoms with Gasteiger partial charge in [0.2, 0.25) is 5.91 Å². The van der Waals surface area contributed by atoms with Crippen LogP contribution in [0.1, 0.15) is 12.5 Å². The molecule has 1 unspecified atom stereocenters. The minimum Gasteiger partial charge on any atom is -0.337 e. The standard InChI is InChI=1S/C14H15ClN2O2/c1-14(11-6-3-2-4-7-11)13(19)17(9-5-8-15)10-12(18)16-14/h2-8H,9-10H2,1H3,(H,16,18)/b8-5+. The van der Waals surface area contributed by atoms with E-state index in [9.17, 15) is 9.59 Å². The topological polar surface area (TPSA) is 49.4 Å². The molecule has 1 aliphatic rings. The molecule has 1 saturated heterocycles. The van der Waals surface area contributed by atoms with Gasteiger partial charge in [0.1, 0.15) is 5.54 Å². The number of carbonyl (C=O) groups is 2. The van der Waals surface area contributed by atoms with Gasteiger partial charge in [-0.2, -0.15) is 0 Å². The summed E-state index contributed by atoms with van der Waals surface area (Å²) in [5.74, 6) is -0.304. The number of halogens is 1. The molecule has 1 fully saturated rings. The summed E-state index contributed by atoms with van der Waals surface area (Å²) in [6.07, 6.45) is 1.64. The summed E-state index contributed by atoms with van der Waals surface area (Å²) in [7, 11) is 0. The molecule has 0 aromatic heterocycles. The Hall–Kier alpha value is -1.81. The predicted molar refractivity (Wildman–Crippen MR) is 73.5 cm³/mol. The number of hydrogen-bond acceptors (Lipinski definition) is 2. The average molecular weight is 279 g/mol. The second-order valence-corrected chi connectivity index (χ2v) is 4.84. The van der Waals surface area contributed by atoms with Crippen molar-refractivity contribution >= 4 is 23.4 Å². The molecule has 1 heterocycles. The fourth-order valence-electron chi connectivity index (χ4n) is 2.21. The summed E-state index contributed by atoms with van der Waals surface area (Å²) in [6, 6.07) is 9.23. The Kier molecular flexibility index (Phi) is 3.90. The van der Waals surface area contributed by atoms with Gasteiger partial charge in [0.15, 0.2) is 0 Å². The molecule has 0 radical (unpaired) electrons. The summed E-state index contributed by atoms with van der Waals surface area (Å²) < 4.78 is 0. The lowest BCUT2D eigenvalue weighted by molar-refractivity contribution is -0.149. The van der Waals surface area contributed by atoms with E-state index >= 15 is 0 Å². The fourth-order valence-corrected chi connectivity index (χ4v) is 2.29. The normalized spacial score (nSPS) is 23.8. The van der Waals surface area contributed by atoms with Crippen LogP contribution in [-0.2, 0) is 15.1 Å². The smallest absolute Gasteiger partial charge is 0.253 e. The van der Waals surface area contributed by atoms with Gasteiger partial charge >= 0.3 is 0 Å². The van der Waals surface area contributed by atoms with Crippen molar-refractivity contribution in [3.63, 3.8) is 0 Å². The van der Waals surface area contributed by atoms with Crippen LogP contribution in [0, 0.1) is 0 Å². The molecule has 1 aliphatic heterocycles. The predicted octanol–water partition coefficient (Wildman–Crippen LogP) is 1.61. The van der Waals surface area contributed by atoms with Gasteiger partial charge in [0.25, 0.3) is 5.91 Å². The Bertz CT molecular complexity index is 515. The molecule has 0 spiro atoms. The third-order valence-electron chi connectivity index (χ3n) is 3.20. The van der Waals surface area contributed by atoms with Gasteiger partial charge < -0.3 is 10.2 Å². The van der Waals surface area contributed by atoms with Crippen LogP contribution in [0.15, 0.2) is 41.9 Å². The van der Waals surface area contributed by atoms with Crippen molar-refractivity contribution in [2.45, 2.75) is 12.5 Å². The van der Waals surface area contributed by atoms with Gasteiger partial charge in [-0.3, -0.25) is 9.59 Å². The third kappa shape index (κ3) is 2.63. The Morgan fingerprint density at radius 3 is 2.68 bits per heavy atom. The van der Waals surface area contributed by atoms with Crippen molar-refractivity contribution < 1.29 is 9.59 Å². The molecule has 5 heteroatoms. The summed E-state index contributed by atoms with van der Waals surface area (Å²) in [5.41, 5.74) is 1.10. The molecule has 0 saturated carbocycles. The molecule has 0 bridgehead atoms. The lowest BCUT2D eigenvalue weighted by atomic mass is 9.88. The fraction of sp³-hybridized carbons (Fsp3) is 0.286. The zero-order chi connectivity index (χ0) is 13.9. The Labute approximate surface area is 117 Å². The van der Waals surface area contributed by atoms with Crippen LogP contribution < -0.4 is 5.32 Å². The van der Waals surface area contributed by atoms with E-state index in [1.165, 1.54) is 10.4 Å². The zero-order valence-corrected chi connectivity index (χ0v) is 11.4. The molecule has 2 amide bonds. The summed E-state index contributed by atoms with van der Waals surface area (Å²) in [4.78, 5) is 25.8. The second kappa shape index (κ2) is 5.45. The monoisotopic (exact) mass is 278 g/mol. The molecule has 1 aromatic carbocycles. The number of piperazine rings is 1. The van der Waals surface area contributed by atoms with E-state index in [1.54, 1.807) is 13.0 Å².